The first kappa shape index (κ1) is 32.2. The fourth-order valence-corrected chi connectivity index (χ4v) is 9.86. The standard InChI is InChI=1S/C56H35N3/c1-2-16-42(17-3-1)57-51-20-10-8-18-45(51)47-32-40(24-28-53(47)57)41-25-29-54-48(33-41)50-34-49-46-19-9-11-21-52(46)58(43-26-22-36-12-4-6-14-38(36)30-43)55(49)35-56(50)59(54)44-27-23-37-13-5-7-15-39(37)31-44/h1-35H. The third kappa shape index (κ3) is 4.76. The van der Waals surface area contributed by atoms with Gasteiger partial charge in [-0.05, 0) is 118 Å². The third-order valence-corrected chi connectivity index (χ3v) is 12.6. The van der Waals surface area contributed by atoms with Crippen LogP contribution in [0.25, 0.3) is 115 Å². The van der Waals surface area contributed by atoms with Gasteiger partial charge in [0.25, 0.3) is 0 Å². The van der Waals surface area contributed by atoms with Gasteiger partial charge in [-0.25, -0.2) is 0 Å². The second kappa shape index (κ2) is 12.3. The maximum absolute atomic E-state index is 2.47. The van der Waals surface area contributed by atoms with Gasteiger partial charge in [0.05, 0.1) is 33.1 Å². The fourth-order valence-electron chi connectivity index (χ4n) is 9.86. The maximum atomic E-state index is 2.47. The van der Waals surface area contributed by atoms with Gasteiger partial charge in [0.2, 0.25) is 0 Å². The van der Waals surface area contributed by atoms with E-state index in [4.69, 9.17) is 0 Å². The zero-order valence-corrected chi connectivity index (χ0v) is 32.0. The molecular weight excluding hydrogens is 715 g/mol. The van der Waals surface area contributed by atoms with Crippen LogP contribution in [0.1, 0.15) is 0 Å². The number of hydrogen-bond donors (Lipinski definition) is 0. The van der Waals surface area contributed by atoms with Gasteiger partial charge in [-0.1, -0.05) is 127 Å². The van der Waals surface area contributed by atoms with E-state index in [1.54, 1.807) is 0 Å². The normalized spacial score (nSPS) is 12.1. The Hall–Kier alpha value is -7.88. The predicted molar refractivity (Wildman–Crippen MR) is 250 cm³/mol. The lowest BCUT2D eigenvalue weighted by molar-refractivity contribution is 1.17. The van der Waals surface area contributed by atoms with E-state index in [1.165, 1.54) is 104 Å². The summed E-state index contributed by atoms with van der Waals surface area (Å²) >= 11 is 0. The van der Waals surface area contributed by atoms with E-state index in [1.807, 2.05) is 0 Å². The smallest absolute Gasteiger partial charge is 0.0562 e. The summed E-state index contributed by atoms with van der Waals surface area (Å²) in [7, 11) is 0. The van der Waals surface area contributed by atoms with Crippen LogP contribution in [0, 0.1) is 0 Å². The van der Waals surface area contributed by atoms with Gasteiger partial charge in [0.15, 0.2) is 0 Å². The van der Waals surface area contributed by atoms with E-state index < -0.39 is 0 Å². The van der Waals surface area contributed by atoms with Gasteiger partial charge >= 0.3 is 0 Å². The Morgan fingerprint density at radius 3 is 1.17 bits per heavy atom. The number of benzene rings is 10. The molecular formula is C56H35N3. The minimum atomic E-state index is 1.15. The molecule has 0 aliphatic rings. The van der Waals surface area contributed by atoms with Crippen LogP contribution in [-0.2, 0) is 0 Å². The lowest BCUT2D eigenvalue weighted by Crippen LogP contribution is -1.96. The van der Waals surface area contributed by atoms with Crippen LogP contribution < -0.4 is 0 Å². The molecule has 0 radical (unpaired) electrons. The fraction of sp³-hybridized carbons (Fsp3) is 0. The number of aromatic nitrogens is 3. The Morgan fingerprint density at radius 2 is 0.610 bits per heavy atom. The first-order valence-corrected chi connectivity index (χ1v) is 20.3. The van der Waals surface area contributed by atoms with Gasteiger partial charge < -0.3 is 13.7 Å². The molecule has 0 unspecified atom stereocenters. The zero-order valence-electron chi connectivity index (χ0n) is 32.0. The molecule has 10 aromatic carbocycles. The highest BCUT2D eigenvalue weighted by Crippen LogP contribution is 2.42. The minimum Gasteiger partial charge on any atom is -0.309 e. The molecule has 3 aromatic heterocycles. The number of nitrogens with zero attached hydrogens (tertiary/aromatic N) is 3. The van der Waals surface area contributed by atoms with Gasteiger partial charge in [0, 0.05) is 49.4 Å². The molecule has 0 saturated carbocycles. The Bertz CT molecular complexity index is 3840. The lowest BCUT2D eigenvalue weighted by atomic mass is 10.00. The van der Waals surface area contributed by atoms with E-state index in [-0.39, 0.29) is 0 Å². The molecule has 274 valence electrons. The molecule has 0 saturated heterocycles. The van der Waals surface area contributed by atoms with Crippen LogP contribution in [0.15, 0.2) is 212 Å². The summed E-state index contributed by atoms with van der Waals surface area (Å²) in [5, 5.41) is 12.4. The molecule has 59 heavy (non-hydrogen) atoms. The maximum Gasteiger partial charge on any atom is 0.0562 e. The Labute approximate surface area is 339 Å². The highest BCUT2D eigenvalue weighted by atomic mass is 15.0. The quantitative estimate of drug-likeness (QED) is 0.170. The topological polar surface area (TPSA) is 14.8 Å². The molecule has 0 fully saturated rings. The van der Waals surface area contributed by atoms with Crippen molar-refractivity contribution in [3.63, 3.8) is 0 Å². The average Bonchev–Trinajstić information content (AvgIpc) is 3.93. The molecule has 0 bridgehead atoms. The molecule has 0 spiro atoms. The van der Waals surface area contributed by atoms with Gasteiger partial charge in [-0.2, -0.15) is 0 Å². The number of hydrogen-bond acceptors (Lipinski definition) is 0. The second-order valence-corrected chi connectivity index (χ2v) is 15.8. The summed E-state index contributed by atoms with van der Waals surface area (Å²) in [6.07, 6.45) is 0. The molecule has 0 aliphatic heterocycles. The Morgan fingerprint density at radius 1 is 0.203 bits per heavy atom. The molecule has 3 nitrogen and oxygen atoms in total. The molecule has 0 atom stereocenters. The molecule has 13 rings (SSSR count). The lowest BCUT2D eigenvalue weighted by Gasteiger charge is -2.12. The van der Waals surface area contributed by atoms with E-state index in [0.717, 1.165) is 11.4 Å². The monoisotopic (exact) mass is 749 g/mol. The first-order chi connectivity index (χ1) is 29.2. The summed E-state index contributed by atoms with van der Waals surface area (Å²) in [6.45, 7) is 0. The van der Waals surface area contributed by atoms with Crippen LogP contribution in [-0.4, -0.2) is 13.7 Å². The van der Waals surface area contributed by atoms with Crippen molar-refractivity contribution < 1.29 is 0 Å². The third-order valence-electron chi connectivity index (χ3n) is 12.6. The summed E-state index contributed by atoms with van der Waals surface area (Å²) in [4.78, 5) is 0. The average molecular weight is 750 g/mol. The van der Waals surface area contributed by atoms with Crippen LogP contribution in [0.5, 0.6) is 0 Å². The second-order valence-electron chi connectivity index (χ2n) is 15.8. The van der Waals surface area contributed by atoms with Gasteiger partial charge in [0.1, 0.15) is 0 Å². The van der Waals surface area contributed by atoms with Crippen LogP contribution >= 0.6 is 0 Å². The highest BCUT2D eigenvalue weighted by Gasteiger charge is 2.20. The summed E-state index contributed by atoms with van der Waals surface area (Å²) in [5.41, 5.74) is 13.1. The Balaban J connectivity index is 1.09. The number of rotatable bonds is 4. The van der Waals surface area contributed by atoms with Gasteiger partial charge in [-0.15, -0.1) is 0 Å². The van der Waals surface area contributed by atoms with Crippen molar-refractivity contribution in [2.75, 3.05) is 0 Å². The van der Waals surface area contributed by atoms with E-state index in [9.17, 15) is 0 Å². The Kier molecular flexibility index (Phi) is 6.72. The molecule has 3 heterocycles. The number of para-hydroxylation sites is 3. The first-order valence-electron chi connectivity index (χ1n) is 20.3. The zero-order chi connectivity index (χ0) is 38.6. The largest absolute Gasteiger partial charge is 0.309 e. The molecule has 3 heteroatoms. The number of fused-ring (bicyclic) bond motifs is 11. The molecule has 0 N–H and O–H groups in total. The molecule has 13 aromatic rings. The van der Waals surface area contributed by atoms with Crippen molar-refractivity contribution >= 4 is 87.0 Å². The van der Waals surface area contributed by atoms with E-state index in [0.29, 0.717) is 0 Å². The van der Waals surface area contributed by atoms with Crippen LogP contribution in [0.4, 0.5) is 0 Å². The van der Waals surface area contributed by atoms with E-state index >= 15 is 0 Å². The van der Waals surface area contributed by atoms with Crippen molar-refractivity contribution in [1.82, 2.24) is 13.7 Å². The summed E-state index contributed by atoms with van der Waals surface area (Å²) < 4.78 is 7.30. The van der Waals surface area contributed by atoms with Crippen molar-refractivity contribution in [3.05, 3.63) is 212 Å². The predicted octanol–water partition coefficient (Wildman–Crippen LogP) is 15.0. The SMILES string of the molecule is c1ccc(-n2c3ccccc3c3cc(-c4ccc5c(c4)c4cc6c7ccccc7n(-c7ccc8ccccc8c7)c6cc4n5-c4ccc5ccccc5c4)ccc32)cc1. The highest BCUT2D eigenvalue weighted by molar-refractivity contribution is 6.20. The van der Waals surface area contributed by atoms with Crippen molar-refractivity contribution in [3.8, 4) is 28.2 Å². The molecule has 0 amide bonds. The van der Waals surface area contributed by atoms with E-state index in [2.05, 4.69) is 226 Å². The minimum absolute atomic E-state index is 1.15. The van der Waals surface area contributed by atoms with Crippen molar-refractivity contribution in [1.29, 1.82) is 0 Å². The van der Waals surface area contributed by atoms with Crippen LogP contribution in [0.3, 0.4) is 0 Å². The van der Waals surface area contributed by atoms with Crippen molar-refractivity contribution in [2.24, 2.45) is 0 Å². The summed E-state index contributed by atoms with van der Waals surface area (Å²) in [5.74, 6) is 0. The van der Waals surface area contributed by atoms with Crippen molar-refractivity contribution in [2.45, 2.75) is 0 Å². The molecule has 0 aliphatic carbocycles. The summed E-state index contributed by atoms with van der Waals surface area (Å²) in [6, 6.07) is 78.2. The van der Waals surface area contributed by atoms with Crippen LogP contribution in [0.2, 0.25) is 0 Å². The van der Waals surface area contributed by atoms with Gasteiger partial charge in [-0.3, -0.25) is 0 Å².